The number of pyridine rings is 1. The minimum atomic E-state index is -0.312. The summed E-state index contributed by atoms with van der Waals surface area (Å²) < 4.78 is 13.3. The van der Waals surface area contributed by atoms with E-state index in [1.54, 1.807) is 6.20 Å². The molecule has 0 saturated carbocycles. The predicted molar refractivity (Wildman–Crippen MR) is 75.1 cm³/mol. The molecule has 0 radical (unpaired) electrons. The summed E-state index contributed by atoms with van der Waals surface area (Å²) in [5.41, 5.74) is 2.19. The van der Waals surface area contributed by atoms with E-state index < -0.39 is 0 Å². The van der Waals surface area contributed by atoms with Crippen LogP contribution in [-0.4, -0.2) is 16.4 Å². The molecule has 4 heteroatoms. The molecular weight excluding hydrogens is 253 g/mol. The average molecular weight is 269 g/mol. The molecule has 0 amide bonds. The molecule has 0 aliphatic heterocycles. The van der Waals surface area contributed by atoms with Crippen molar-refractivity contribution in [3.8, 4) is 6.07 Å². The highest BCUT2D eigenvalue weighted by molar-refractivity contribution is 5.37. The van der Waals surface area contributed by atoms with Gasteiger partial charge in [0.2, 0.25) is 0 Å². The molecule has 0 spiro atoms. The van der Waals surface area contributed by atoms with E-state index in [1.165, 1.54) is 18.2 Å². The van der Waals surface area contributed by atoms with Gasteiger partial charge < -0.3 is 0 Å². The van der Waals surface area contributed by atoms with Crippen molar-refractivity contribution in [1.29, 1.82) is 5.26 Å². The Kier molecular flexibility index (Phi) is 4.80. The highest BCUT2D eigenvalue weighted by Crippen LogP contribution is 2.14. The molecule has 1 heterocycles. The molecule has 0 atom stereocenters. The Hall–Kier alpha value is -2.25. The number of nitrogens with zero attached hydrogens (tertiary/aromatic N) is 3. The average Bonchev–Trinajstić information content (AvgIpc) is 2.48. The summed E-state index contributed by atoms with van der Waals surface area (Å²) in [4.78, 5) is 6.41. The first kappa shape index (κ1) is 14.2. The summed E-state index contributed by atoms with van der Waals surface area (Å²) in [6.07, 6.45) is 1.76. The van der Waals surface area contributed by atoms with Crippen LogP contribution >= 0.6 is 0 Å². The summed E-state index contributed by atoms with van der Waals surface area (Å²) in [5, 5.41) is 9.08. The lowest BCUT2D eigenvalue weighted by Gasteiger charge is -2.20. The SMILES string of the molecule is CCN(Cc1ccccn1)Cc1cc(F)ccc1C#N. The highest BCUT2D eigenvalue weighted by atomic mass is 19.1. The Bertz CT molecular complexity index is 605. The van der Waals surface area contributed by atoms with Crippen LogP contribution in [0.2, 0.25) is 0 Å². The van der Waals surface area contributed by atoms with E-state index in [2.05, 4.69) is 16.0 Å². The van der Waals surface area contributed by atoms with Gasteiger partial charge in [-0.2, -0.15) is 5.26 Å². The third-order valence-electron chi connectivity index (χ3n) is 3.14. The molecule has 0 saturated heterocycles. The number of nitriles is 1. The van der Waals surface area contributed by atoms with E-state index in [1.807, 2.05) is 25.1 Å². The molecule has 20 heavy (non-hydrogen) atoms. The van der Waals surface area contributed by atoms with Crippen molar-refractivity contribution >= 4 is 0 Å². The molecule has 0 aliphatic carbocycles. The zero-order valence-electron chi connectivity index (χ0n) is 11.4. The summed E-state index contributed by atoms with van der Waals surface area (Å²) in [6, 6.07) is 12.2. The monoisotopic (exact) mass is 269 g/mol. The predicted octanol–water partition coefficient (Wildman–Crippen LogP) is 3.11. The maximum absolute atomic E-state index is 13.3. The molecule has 0 aliphatic rings. The molecule has 102 valence electrons. The Morgan fingerprint density at radius 3 is 2.75 bits per heavy atom. The van der Waals surface area contributed by atoms with Gasteiger partial charge in [-0.1, -0.05) is 13.0 Å². The summed E-state index contributed by atoms with van der Waals surface area (Å²) in [7, 11) is 0. The van der Waals surface area contributed by atoms with Crippen LogP contribution in [0.3, 0.4) is 0 Å². The molecular formula is C16H16FN3. The fourth-order valence-electron chi connectivity index (χ4n) is 2.04. The van der Waals surface area contributed by atoms with Gasteiger partial charge in [0.05, 0.1) is 17.3 Å². The van der Waals surface area contributed by atoms with Crippen molar-refractivity contribution in [2.75, 3.05) is 6.54 Å². The van der Waals surface area contributed by atoms with Crippen LogP contribution in [0.25, 0.3) is 0 Å². The minimum Gasteiger partial charge on any atom is -0.293 e. The maximum atomic E-state index is 13.3. The Balaban J connectivity index is 2.14. The van der Waals surface area contributed by atoms with E-state index in [4.69, 9.17) is 5.26 Å². The summed E-state index contributed by atoms with van der Waals surface area (Å²) in [5.74, 6) is -0.312. The number of rotatable bonds is 5. The van der Waals surface area contributed by atoms with Crippen molar-refractivity contribution in [1.82, 2.24) is 9.88 Å². The maximum Gasteiger partial charge on any atom is 0.123 e. The molecule has 1 aromatic carbocycles. The van der Waals surface area contributed by atoms with E-state index in [9.17, 15) is 4.39 Å². The topological polar surface area (TPSA) is 39.9 Å². The van der Waals surface area contributed by atoms with Crippen LogP contribution in [0.15, 0.2) is 42.6 Å². The second-order valence-electron chi connectivity index (χ2n) is 4.54. The second-order valence-corrected chi connectivity index (χ2v) is 4.54. The first-order valence-corrected chi connectivity index (χ1v) is 6.53. The van der Waals surface area contributed by atoms with Crippen LogP contribution in [0.5, 0.6) is 0 Å². The van der Waals surface area contributed by atoms with Gasteiger partial charge in [-0.25, -0.2) is 4.39 Å². The first-order chi connectivity index (χ1) is 9.72. The van der Waals surface area contributed by atoms with Crippen molar-refractivity contribution in [3.63, 3.8) is 0 Å². The number of benzene rings is 1. The molecule has 1 aromatic heterocycles. The van der Waals surface area contributed by atoms with Gasteiger partial charge in [0.25, 0.3) is 0 Å². The lowest BCUT2D eigenvalue weighted by Crippen LogP contribution is -2.23. The van der Waals surface area contributed by atoms with Gasteiger partial charge in [-0.15, -0.1) is 0 Å². The molecule has 0 N–H and O–H groups in total. The Labute approximate surface area is 118 Å². The Morgan fingerprint density at radius 2 is 2.10 bits per heavy atom. The molecule has 0 fully saturated rings. The fourth-order valence-corrected chi connectivity index (χ4v) is 2.04. The molecule has 0 bridgehead atoms. The quantitative estimate of drug-likeness (QED) is 0.837. The summed E-state index contributed by atoms with van der Waals surface area (Å²) in [6.45, 7) is 4.05. The van der Waals surface area contributed by atoms with Crippen LogP contribution in [0, 0.1) is 17.1 Å². The highest BCUT2D eigenvalue weighted by Gasteiger charge is 2.10. The van der Waals surface area contributed by atoms with Gasteiger partial charge >= 0.3 is 0 Å². The zero-order valence-corrected chi connectivity index (χ0v) is 11.4. The van der Waals surface area contributed by atoms with E-state index >= 15 is 0 Å². The van der Waals surface area contributed by atoms with Gasteiger partial charge in [0.15, 0.2) is 0 Å². The number of hydrogen-bond acceptors (Lipinski definition) is 3. The molecule has 2 aromatic rings. The van der Waals surface area contributed by atoms with Crippen LogP contribution < -0.4 is 0 Å². The number of halogens is 1. The third kappa shape index (κ3) is 3.62. The zero-order chi connectivity index (χ0) is 14.4. The summed E-state index contributed by atoms with van der Waals surface area (Å²) >= 11 is 0. The minimum absolute atomic E-state index is 0.312. The lowest BCUT2D eigenvalue weighted by atomic mass is 10.1. The standard InChI is InChI=1S/C16H16FN3/c1-2-20(12-16-5-3-4-8-19-16)11-14-9-15(17)7-6-13(14)10-18/h3-9H,2,11-12H2,1H3. The normalized spacial score (nSPS) is 10.5. The molecule has 0 unspecified atom stereocenters. The van der Waals surface area contributed by atoms with E-state index in [0.29, 0.717) is 24.2 Å². The second kappa shape index (κ2) is 6.78. The van der Waals surface area contributed by atoms with Gasteiger partial charge in [-0.3, -0.25) is 9.88 Å². The number of hydrogen-bond donors (Lipinski definition) is 0. The number of aromatic nitrogens is 1. The molecule has 3 nitrogen and oxygen atoms in total. The van der Waals surface area contributed by atoms with E-state index in [0.717, 1.165) is 12.2 Å². The van der Waals surface area contributed by atoms with Gasteiger partial charge in [0, 0.05) is 19.3 Å². The van der Waals surface area contributed by atoms with Crippen LogP contribution in [0.4, 0.5) is 4.39 Å². The lowest BCUT2D eigenvalue weighted by molar-refractivity contribution is 0.267. The Morgan fingerprint density at radius 1 is 1.25 bits per heavy atom. The van der Waals surface area contributed by atoms with Crippen molar-refractivity contribution < 1.29 is 4.39 Å². The van der Waals surface area contributed by atoms with Crippen LogP contribution in [0.1, 0.15) is 23.7 Å². The third-order valence-corrected chi connectivity index (χ3v) is 3.14. The van der Waals surface area contributed by atoms with Crippen molar-refractivity contribution in [2.45, 2.75) is 20.0 Å². The van der Waals surface area contributed by atoms with Crippen LogP contribution in [-0.2, 0) is 13.1 Å². The smallest absolute Gasteiger partial charge is 0.123 e. The fraction of sp³-hybridized carbons (Fsp3) is 0.250. The van der Waals surface area contributed by atoms with Gasteiger partial charge in [-0.05, 0) is 42.4 Å². The molecule has 2 rings (SSSR count). The van der Waals surface area contributed by atoms with Gasteiger partial charge in [0.1, 0.15) is 5.82 Å². The van der Waals surface area contributed by atoms with Crippen molar-refractivity contribution in [2.24, 2.45) is 0 Å². The van der Waals surface area contributed by atoms with Crippen molar-refractivity contribution in [3.05, 3.63) is 65.2 Å². The first-order valence-electron chi connectivity index (χ1n) is 6.53. The van der Waals surface area contributed by atoms with E-state index in [-0.39, 0.29) is 5.82 Å². The largest absolute Gasteiger partial charge is 0.293 e.